The maximum absolute atomic E-state index is 9.92. The monoisotopic (exact) mass is 563 g/mol. The molecule has 1 saturated heterocycles. The predicted octanol–water partition coefficient (Wildman–Crippen LogP) is 5.70. The highest BCUT2D eigenvalue weighted by Gasteiger charge is 2.39. The quantitative estimate of drug-likeness (QED) is 0.249. The molecule has 200 valence electrons. The van der Waals surface area contributed by atoms with Crippen LogP contribution in [0.3, 0.4) is 0 Å². The van der Waals surface area contributed by atoms with Gasteiger partial charge in [0.25, 0.3) is 0 Å². The van der Waals surface area contributed by atoms with Gasteiger partial charge in [0.05, 0.1) is 33.8 Å². The van der Waals surface area contributed by atoms with Crippen LogP contribution in [0.25, 0.3) is 22.2 Å². The summed E-state index contributed by atoms with van der Waals surface area (Å²) in [5.41, 5.74) is 3.16. The van der Waals surface area contributed by atoms with Crippen LogP contribution in [0.15, 0.2) is 49.4 Å². The number of nitrogens with one attached hydrogen (secondary N) is 2. The van der Waals surface area contributed by atoms with E-state index in [0.717, 1.165) is 30.5 Å². The number of anilines is 1. The number of pyridine rings is 2. The average Bonchev–Trinajstić information content (AvgIpc) is 3.32. The van der Waals surface area contributed by atoms with Crippen LogP contribution in [-0.2, 0) is 0 Å². The lowest BCUT2D eigenvalue weighted by Gasteiger charge is -2.49. The van der Waals surface area contributed by atoms with Gasteiger partial charge in [-0.25, -0.2) is 4.98 Å². The Hall–Kier alpha value is -3.84. The molecular weight excluding hydrogens is 537 g/mol. The molecule has 1 fully saturated rings. The van der Waals surface area contributed by atoms with Gasteiger partial charge in [-0.1, -0.05) is 29.3 Å². The Labute approximate surface area is 236 Å². The topological polar surface area (TPSA) is 112 Å². The first-order valence-electron chi connectivity index (χ1n) is 12.3. The Balaban J connectivity index is 1.46. The van der Waals surface area contributed by atoms with Crippen molar-refractivity contribution in [2.24, 2.45) is 0 Å². The van der Waals surface area contributed by atoms with E-state index in [2.05, 4.69) is 50.0 Å². The number of fused-ring (bicyclic) bond motifs is 1. The number of hydrogen-bond acceptors (Lipinski definition) is 8. The van der Waals surface area contributed by atoms with Gasteiger partial charge in [-0.05, 0) is 26.0 Å². The second-order valence-electron chi connectivity index (χ2n) is 9.69. The van der Waals surface area contributed by atoms with E-state index in [1.165, 1.54) is 12.4 Å². The van der Waals surface area contributed by atoms with Crippen molar-refractivity contribution < 1.29 is 9.47 Å². The van der Waals surface area contributed by atoms with E-state index in [1.807, 2.05) is 31.2 Å². The number of H-pyrrole nitrogens is 1. The van der Waals surface area contributed by atoms with Gasteiger partial charge in [0, 0.05) is 60.8 Å². The van der Waals surface area contributed by atoms with Gasteiger partial charge in [0.2, 0.25) is 0 Å². The highest BCUT2D eigenvalue weighted by atomic mass is 35.5. The van der Waals surface area contributed by atoms with Crippen molar-refractivity contribution in [1.82, 2.24) is 25.5 Å². The van der Waals surface area contributed by atoms with E-state index >= 15 is 0 Å². The Morgan fingerprint density at radius 2 is 1.97 bits per heavy atom. The number of halogens is 2. The van der Waals surface area contributed by atoms with Crippen molar-refractivity contribution >= 4 is 39.9 Å². The van der Waals surface area contributed by atoms with Crippen molar-refractivity contribution in [3.05, 3.63) is 70.6 Å². The standard InChI is InChI=1S/C28H27Cl2N7O2/c1-5-6-34-28(3)14-37(15-28)27-17(10-31)7-18(11-33-27)26-19-8-24(23(38-4)9-22(19)35-36-26)39-16(2)25-20(29)12-32-13-21(25)30/h5,7-9,11-13,16,34H,1,6,14-15H2,2-4H3,(H,35,36)/t16-/m1/s1. The fourth-order valence-electron chi connectivity index (χ4n) is 4.85. The summed E-state index contributed by atoms with van der Waals surface area (Å²) in [7, 11) is 1.57. The molecule has 0 saturated carbocycles. The normalized spacial score (nSPS) is 14.9. The molecule has 1 aliphatic rings. The van der Waals surface area contributed by atoms with Gasteiger partial charge in [-0.15, -0.1) is 6.58 Å². The van der Waals surface area contributed by atoms with Crippen LogP contribution < -0.4 is 19.7 Å². The SMILES string of the molecule is C=CCNC1(C)CN(c2ncc(-c3n[nH]c4cc(OC)c(O[C@H](C)c5c(Cl)cncc5Cl)cc34)cc2C#N)C1. The first-order valence-corrected chi connectivity index (χ1v) is 13.1. The molecule has 11 heteroatoms. The summed E-state index contributed by atoms with van der Waals surface area (Å²) in [6.07, 6.45) is 6.15. The zero-order valence-electron chi connectivity index (χ0n) is 21.8. The molecule has 9 nitrogen and oxygen atoms in total. The minimum absolute atomic E-state index is 0.0447. The molecule has 0 radical (unpaired) electrons. The molecule has 0 bridgehead atoms. The Kier molecular flexibility index (Phi) is 7.36. The fourth-order valence-corrected chi connectivity index (χ4v) is 5.53. The Morgan fingerprint density at radius 1 is 1.23 bits per heavy atom. The third kappa shape index (κ3) is 5.11. The Bertz CT molecular complexity index is 1570. The summed E-state index contributed by atoms with van der Waals surface area (Å²) >= 11 is 12.7. The first kappa shape index (κ1) is 26.8. The number of benzene rings is 1. The summed E-state index contributed by atoms with van der Waals surface area (Å²) in [5, 5.41) is 22.6. The number of rotatable bonds is 9. The highest BCUT2D eigenvalue weighted by molar-refractivity contribution is 6.35. The molecule has 3 aromatic heterocycles. The van der Waals surface area contributed by atoms with E-state index < -0.39 is 6.10 Å². The lowest BCUT2D eigenvalue weighted by Crippen LogP contribution is -2.68. The van der Waals surface area contributed by atoms with Crippen molar-refractivity contribution in [2.45, 2.75) is 25.5 Å². The zero-order chi connectivity index (χ0) is 27.7. The molecule has 0 spiro atoms. The largest absolute Gasteiger partial charge is 0.493 e. The van der Waals surface area contributed by atoms with Crippen molar-refractivity contribution in [2.75, 3.05) is 31.6 Å². The summed E-state index contributed by atoms with van der Waals surface area (Å²) in [4.78, 5) is 10.8. The average molecular weight is 564 g/mol. The highest BCUT2D eigenvalue weighted by Crippen LogP contribution is 2.40. The summed E-state index contributed by atoms with van der Waals surface area (Å²) in [6, 6.07) is 7.77. The van der Waals surface area contributed by atoms with Gasteiger partial charge in [0.1, 0.15) is 23.7 Å². The number of ether oxygens (including phenoxy) is 2. The van der Waals surface area contributed by atoms with Crippen LogP contribution in [0.2, 0.25) is 10.0 Å². The fraction of sp³-hybridized carbons (Fsp3) is 0.286. The smallest absolute Gasteiger partial charge is 0.162 e. The van der Waals surface area contributed by atoms with Crippen LogP contribution >= 0.6 is 23.2 Å². The predicted molar refractivity (Wildman–Crippen MR) is 153 cm³/mol. The maximum atomic E-state index is 9.92. The van der Waals surface area contributed by atoms with Crippen molar-refractivity contribution in [1.29, 1.82) is 5.26 Å². The zero-order valence-corrected chi connectivity index (χ0v) is 23.3. The van der Waals surface area contributed by atoms with Gasteiger partial charge in [-0.2, -0.15) is 10.4 Å². The Morgan fingerprint density at radius 3 is 2.64 bits per heavy atom. The van der Waals surface area contributed by atoms with Crippen LogP contribution in [0.1, 0.15) is 31.1 Å². The second kappa shape index (κ2) is 10.7. The molecule has 4 aromatic rings. The van der Waals surface area contributed by atoms with E-state index in [4.69, 9.17) is 32.7 Å². The number of aromatic nitrogens is 4. The number of hydrogen-bond donors (Lipinski definition) is 2. The minimum Gasteiger partial charge on any atom is -0.493 e. The second-order valence-corrected chi connectivity index (χ2v) is 10.5. The molecule has 0 aliphatic carbocycles. The van der Waals surface area contributed by atoms with E-state index in [9.17, 15) is 5.26 Å². The molecule has 0 amide bonds. The van der Waals surface area contributed by atoms with Crippen molar-refractivity contribution in [3.63, 3.8) is 0 Å². The molecule has 4 heterocycles. The summed E-state index contributed by atoms with van der Waals surface area (Å²) in [5.74, 6) is 1.66. The van der Waals surface area contributed by atoms with Crippen molar-refractivity contribution in [3.8, 4) is 28.8 Å². The maximum Gasteiger partial charge on any atom is 0.162 e. The molecular formula is C28H27Cl2N7O2. The number of nitriles is 1. The number of nitrogens with zero attached hydrogens (tertiary/aromatic N) is 5. The summed E-state index contributed by atoms with van der Waals surface area (Å²) in [6.45, 7) is 9.98. The summed E-state index contributed by atoms with van der Waals surface area (Å²) < 4.78 is 11.8. The molecule has 1 aromatic carbocycles. The third-order valence-electron chi connectivity index (χ3n) is 6.76. The minimum atomic E-state index is -0.482. The van der Waals surface area contributed by atoms with Crippen LogP contribution in [0.4, 0.5) is 5.82 Å². The van der Waals surface area contributed by atoms with E-state index in [0.29, 0.717) is 49.7 Å². The third-order valence-corrected chi connectivity index (χ3v) is 7.36. The molecule has 39 heavy (non-hydrogen) atoms. The van der Waals surface area contributed by atoms with Gasteiger partial charge < -0.3 is 19.7 Å². The number of aromatic amines is 1. The molecule has 0 unspecified atom stereocenters. The molecule has 1 aliphatic heterocycles. The number of methoxy groups -OCH3 is 1. The van der Waals surface area contributed by atoms with Crippen LogP contribution in [-0.4, -0.2) is 52.4 Å². The molecule has 2 N–H and O–H groups in total. The van der Waals surface area contributed by atoms with Crippen LogP contribution in [0.5, 0.6) is 11.5 Å². The lowest BCUT2D eigenvalue weighted by atomic mass is 9.91. The van der Waals surface area contributed by atoms with Gasteiger partial charge in [-0.3, -0.25) is 10.1 Å². The van der Waals surface area contributed by atoms with Gasteiger partial charge >= 0.3 is 0 Å². The lowest BCUT2D eigenvalue weighted by molar-refractivity contribution is 0.216. The first-order chi connectivity index (χ1) is 18.8. The molecule has 5 rings (SSSR count). The van der Waals surface area contributed by atoms with E-state index in [1.54, 1.807) is 13.3 Å². The van der Waals surface area contributed by atoms with E-state index in [-0.39, 0.29) is 5.54 Å². The van der Waals surface area contributed by atoms with Gasteiger partial charge in [0.15, 0.2) is 11.5 Å². The molecule has 1 atom stereocenters. The van der Waals surface area contributed by atoms with Crippen LogP contribution in [0, 0.1) is 11.3 Å².